The van der Waals surface area contributed by atoms with E-state index in [1.165, 1.54) is 12.1 Å². The van der Waals surface area contributed by atoms with E-state index in [4.69, 9.17) is 73.9 Å². The minimum atomic E-state index is -2.28. The molecule has 21 nitrogen and oxygen atoms in total. The Morgan fingerprint density at radius 3 is 1.00 bits per heavy atom. The molecule has 0 aromatic heterocycles. The van der Waals surface area contributed by atoms with Crippen LogP contribution in [-0.2, 0) is 55.2 Å². The summed E-state index contributed by atoms with van der Waals surface area (Å²) in [7, 11) is -21.7. The van der Waals surface area contributed by atoms with Crippen LogP contribution < -0.4 is 33.6 Å². The molecule has 0 radical (unpaired) electrons. The molecule has 2 amide bonds. The van der Waals surface area contributed by atoms with E-state index in [0.29, 0.717) is 39.0 Å². The lowest BCUT2D eigenvalue weighted by Gasteiger charge is -2.54. The first kappa shape index (κ1) is 118. The van der Waals surface area contributed by atoms with E-state index in [0.717, 1.165) is 147 Å². The molecule has 0 aromatic carbocycles. The summed E-state index contributed by atoms with van der Waals surface area (Å²) in [5.74, 6) is 0.154. The molecule has 33 heteroatoms. The summed E-state index contributed by atoms with van der Waals surface area (Å²) >= 11 is 0. The molecule has 2 aliphatic rings. The van der Waals surface area contributed by atoms with E-state index in [2.05, 4.69) is 142 Å². The average Bonchev–Trinajstić information content (AvgIpc) is 0.861. The number of carbonyl (C=O) groups is 3. The third-order valence-electron chi connectivity index (χ3n) is 14.2. The molecule has 0 spiro atoms. The van der Waals surface area contributed by atoms with E-state index in [1.54, 1.807) is 0 Å². The van der Waals surface area contributed by atoms with Gasteiger partial charge in [-0.3, -0.25) is 22.1 Å². The van der Waals surface area contributed by atoms with Crippen LogP contribution in [0.25, 0.3) is 0 Å². The monoisotopic (exact) mass is 1640 g/mol. The molecule has 2 fully saturated rings. The largest absolute Gasteiger partial charge is 0.466 e. The fourth-order valence-electron chi connectivity index (χ4n) is 11.5. The number of hydrogen-bond donors (Lipinski definition) is 8. The molecule has 2 saturated heterocycles. The van der Waals surface area contributed by atoms with Crippen molar-refractivity contribution in [3.05, 3.63) is 0 Å². The van der Waals surface area contributed by atoms with Crippen molar-refractivity contribution in [1.82, 2.24) is 10.6 Å². The topological polar surface area (TPSA) is 312 Å². The molecule has 0 unspecified atom stereocenters. The van der Waals surface area contributed by atoms with Crippen molar-refractivity contribution in [3.8, 4) is 0 Å². The smallest absolute Gasteiger partial charge is 0.347 e. The van der Waals surface area contributed by atoms with E-state index >= 15 is 0 Å². The van der Waals surface area contributed by atoms with E-state index < -0.39 is 105 Å². The van der Waals surface area contributed by atoms with Crippen LogP contribution in [0.5, 0.6) is 0 Å². The molecule has 12 N–H and O–H groups in total. The van der Waals surface area contributed by atoms with E-state index in [1.807, 2.05) is 25.0 Å². The van der Waals surface area contributed by atoms with Gasteiger partial charge in [0.25, 0.3) is 0 Å². The maximum absolute atomic E-state index is 11.9. The number of rotatable bonds is 40. The highest BCUT2D eigenvalue weighted by molar-refractivity contribution is 8.37. The summed E-state index contributed by atoms with van der Waals surface area (Å²) in [5, 5.41) is 23.6. The number of unbranched alkanes of at least 4 members (excludes halogenated alkanes) is 4. The second-order valence-electron chi connectivity index (χ2n) is 30.9. The first-order chi connectivity index (χ1) is 42.4. The maximum atomic E-state index is 11.9. The number of nitrogens with one attached hydrogen (secondary N) is 2. The summed E-state index contributed by atoms with van der Waals surface area (Å²) in [6.07, 6.45) is 24.0. The molecule has 2 rings (SSSR count). The zero-order valence-electron chi connectivity index (χ0n) is 64.2. The molecule has 0 atom stereocenters. The Morgan fingerprint density at radius 2 is 0.717 bits per heavy atom. The molecule has 0 saturated carbocycles. The van der Waals surface area contributed by atoms with E-state index in [-0.39, 0.29) is 75.6 Å². The Labute approximate surface area is 629 Å². The van der Waals surface area contributed by atoms with Gasteiger partial charge in [-0.1, -0.05) is 57.4 Å². The van der Waals surface area contributed by atoms with Gasteiger partial charge in [0.1, 0.15) is 0 Å². The fraction of sp³-hybridized carbons (Fsp3) is 0.955. The number of aliphatic hydroxyl groups excluding tert-OH is 2. The van der Waals surface area contributed by atoms with Crippen LogP contribution in [0.2, 0.25) is 167 Å². The van der Waals surface area contributed by atoms with Gasteiger partial charge < -0.3 is 73.2 Å². The summed E-state index contributed by atoms with van der Waals surface area (Å²) in [5.41, 5.74) is 22.3. The van der Waals surface area contributed by atoms with Crippen molar-refractivity contribution >= 4 is 123 Å². The van der Waals surface area contributed by atoms with Crippen LogP contribution in [0.1, 0.15) is 160 Å². The Bertz CT molecular complexity index is 1830. The summed E-state index contributed by atoms with van der Waals surface area (Å²) in [6.45, 7) is 49.5. The maximum Gasteiger partial charge on any atom is 0.347 e. The SMILES string of the molecule is C.C.C.C.C.C.C[Si](C)(CCCN)O[Si](C)(C)CCCN.C[Si](C)(CCCN)O[Si](C)(C)O[Si](C)(C)CCCN.C[Si](C)(CCCNC(=O)CCCCCO)O[Si](C)(C)O[Si](C)(C)CCCNC(=O)CCCCCO.C[Si]1(C)O[Si](C)(C)OS(C)(C)OS(C)(C)O1.O=C1CCCCCO1. The van der Waals surface area contributed by atoms with Crippen LogP contribution >= 0.6 is 21.2 Å². The molecule has 99 heavy (non-hydrogen) atoms. The zero-order valence-corrected chi connectivity index (χ0v) is 75.8. The summed E-state index contributed by atoms with van der Waals surface area (Å²) in [4.78, 5) is 34.3. The van der Waals surface area contributed by atoms with Crippen molar-refractivity contribution in [2.45, 2.75) is 327 Å². The second-order valence-corrected chi connectivity index (χ2v) is 77.5. The number of nitrogens with two attached hydrogens (primary N) is 4. The van der Waals surface area contributed by atoms with Gasteiger partial charge in [0.15, 0.2) is 49.9 Å². The predicted molar refractivity (Wildman–Crippen MR) is 463 cm³/mol. The number of hydrogen-bond acceptors (Lipinski definition) is 19. The highest BCUT2D eigenvalue weighted by Gasteiger charge is 2.46. The van der Waals surface area contributed by atoms with E-state index in [9.17, 15) is 14.4 Å². The van der Waals surface area contributed by atoms with Crippen LogP contribution in [0.4, 0.5) is 0 Å². The first-order valence-corrected chi connectivity index (χ1v) is 69.5. The Morgan fingerprint density at radius 1 is 0.434 bits per heavy atom. The normalized spacial score (nSPS) is 16.6. The highest BCUT2D eigenvalue weighted by atomic mass is 32.4. The molecule has 0 bridgehead atoms. The second kappa shape index (κ2) is 58.7. The van der Waals surface area contributed by atoms with Crippen LogP contribution in [0, 0.1) is 0 Å². The molecular weight excluding hydrogens is 1460 g/mol. The average molecular weight is 1640 g/mol. The third kappa shape index (κ3) is 74.0. The summed E-state index contributed by atoms with van der Waals surface area (Å²) < 4.78 is 61.7. The number of aliphatic hydroxyl groups is 2. The quantitative estimate of drug-likeness (QED) is 0.0161. The van der Waals surface area contributed by atoms with Gasteiger partial charge in [0, 0.05) is 70.6 Å². The van der Waals surface area contributed by atoms with Crippen LogP contribution in [-0.4, -0.2) is 196 Å². The Kier molecular flexibility index (Phi) is 70.0. The Hall–Kier alpha value is 0.679. The lowest BCUT2D eigenvalue weighted by atomic mass is 10.2. The molecule has 610 valence electrons. The van der Waals surface area contributed by atoms with Crippen molar-refractivity contribution in [2.75, 3.05) is 84.1 Å². The van der Waals surface area contributed by atoms with Crippen LogP contribution in [0.15, 0.2) is 0 Å². The van der Waals surface area contributed by atoms with Gasteiger partial charge in [0.2, 0.25) is 11.8 Å². The van der Waals surface area contributed by atoms with Gasteiger partial charge in [-0.25, -0.2) is 0 Å². The number of esters is 1. The van der Waals surface area contributed by atoms with Crippen molar-refractivity contribution in [2.24, 2.45) is 22.9 Å². The Balaban J connectivity index is -0.000000155. The minimum Gasteiger partial charge on any atom is -0.466 e. The molecular formula is C66H174N6O15S2Si10. The molecule has 2 aliphatic heterocycles. The minimum absolute atomic E-state index is 0. The predicted octanol–water partition coefficient (Wildman–Crippen LogP) is 17.4. The molecule has 0 aromatic rings. The molecule has 0 aliphatic carbocycles. The number of ether oxygens (including phenoxy) is 1. The van der Waals surface area contributed by atoms with Gasteiger partial charge in [-0.2, -0.15) is 24.8 Å². The number of cyclic esters (lactones) is 1. The lowest BCUT2D eigenvalue weighted by Crippen LogP contribution is -2.52. The van der Waals surface area contributed by atoms with Gasteiger partial charge in [-0.05, 0) is 277 Å². The van der Waals surface area contributed by atoms with Crippen molar-refractivity contribution in [3.63, 3.8) is 0 Å². The fourth-order valence-corrected chi connectivity index (χ4v) is 65.8. The number of amides is 2. The van der Waals surface area contributed by atoms with Crippen molar-refractivity contribution < 1.29 is 65.4 Å². The van der Waals surface area contributed by atoms with Crippen molar-refractivity contribution in [1.29, 1.82) is 0 Å². The third-order valence-corrected chi connectivity index (χ3v) is 57.6. The zero-order chi connectivity index (χ0) is 72.6. The first-order valence-electron chi connectivity index (χ1n) is 34.9. The highest BCUT2D eigenvalue weighted by Crippen LogP contribution is 2.62. The van der Waals surface area contributed by atoms with Gasteiger partial charge in [0.05, 0.1) is 6.61 Å². The summed E-state index contributed by atoms with van der Waals surface area (Å²) in [6, 6.07) is 6.56. The standard InChI is InChI=1S/C24H54N2O6Si3.C12H34N2O2Si3.C10H28N2OSi2.C8H24O4S2Si2.C6H10O2.6CH4/c1-33(2,21-13-17-25-23(29)15-9-7-11-19-27)31-35(5,6)32-34(3,4)22-14-18-26-24(30)16-10-8-12-20-28;1-17(2,11-7-9-13)15-19(5,6)16-18(3,4)12-8-10-14;1-14(2,9-5-7-11)13-15(3,4)10-6-8-12;1-13(2)9-14(3,4)11-16(7,8)12-15(5,6)10-13;7-6-4-2-1-3-5-8-6;;;;;;/h27-28H,7-22H2,1-6H3,(H,25,29)(H,26,30);7-14H2,1-6H3;5-12H2,1-4H3;1-8H3;1-5H2;6*1H4. The van der Waals surface area contributed by atoms with Crippen LogP contribution in [0.3, 0.4) is 0 Å². The molecule has 2 heterocycles. The van der Waals surface area contributed by atoms with Gasteiger partial charge in [-0.15, -0.1) is 0 Å². The van der Waals surface area contributed by atoms with Gasteiger partial charge >= 0.3 is 40.2 Å². The lowest BCUT2D eigenvalue weighted by molar-refractivity contribution is -0.142. The number of carbonyl (C=O) groups excluding carboxylic acids is 3.